The lowest BCUT2D eigenvalue weighted by Crippen LogP contribution is -2.43. The molecule has 1 atom stereocenters. The monoisotopic (exact) mass is 365 g/mol. The van der Waals surface area contributed by atoms with Crippen LogP contribution in [0.15, 0.2) is 48.5 Å². The minimum Gasteiger partial charge on any atom is -0.481 e. The molecule has 2 heterocycles. The number of carboxylic acid groups (broad SMARTS) is 1. The third-order valence-electron chi connectivity index (χ3n) is 5.52. The van der Waals surface area contributed by atoms with Gasteiger partial charge in [0.15, 0.2) is 0 Å². The third kappa shape index (κ3) is 3.54. The van der Waals surface area contributed by atoms with Gasteiger partial charge in [0.05, 0.1) is 5.92 Å². The molecule has 1 fully saturated rings. The number of aliphatic carboxylic acids is 1. The van der Waals surface area contributed by atoms with Gasteiger partial charge in [0.1, 0.15) is 11.5 Å². The van der Waals surface area contributed by atoms with E-state index in [1.807, 2.05) is 53.4 Å². The van der Waals surface area contributed by atoms with E-state index >= 15 is 0 Å². The second-order valence-electron chi connectivity index (χ2n) is 7.34. The number of carbonyl (C=O) groups is 2. The van der Waals surface area contributed by atoms with Gasteiger partial charge >= 0.3 is 5.97 Å². The Morgan fingerprint density at radius 3 is 2.30 bits per heavy atom. The fraction of sp³-hybridized carbons (Fsp3) is 0.364. The highest BCUT2D eigenvalue weighted by atomic mass is 16.5. The van der Waals surface area contributed by atoms with Crippen LogP contribution in [0.2, 0.25) is 0 Å². The van der Waals surface area contributed by atoms with Gasteiger partial charge in [0, 0.05) is 30.6 Å². The maximum Gasteiger partial charge on any atom is 0.303 e. The Morgan fingerprint density at radius 2 is 1.67 bits per heavy atom. The highest BCUT2D eigenvalue weighted by Gasteiger charge is 2.36. The van der Waals surface area contributed by atoms with Crippen molar-refractivity contribution in [2.45, 2.75) is 31.6 Å². The molecule has 0 aliphatic carbocycles. The van der Waals surface area contributed by atoms with E-state index in [0.29, 0.717) is 13.0 Å². The SMILES string of the molecule is O=C(O)CCC1CCCN(C(=O)C2c3ccccc3Oc3ccccc32)C1. The van der Waals surface area contributed by atoms with Crippen LogP contribution in [0.3, 0.4) is 0 Å². The van der Waals surface area contributed by atoms with Crippen LogP contribution in [-0.4, -0.2) is 35.0 Å². The molecule has 5 nitrogen and oxygen atoms in total. The Balaban J connectivity index is 1.61. The molecule has 0 radical (unpaired) electrons. The first kappa shape index (κ1) is 17.6. The molecular weight excluding hydrogens is 342 g/mol. The zero-order chi connectivity index (χ0) is 18.8. The number of fused-ring (bicyclic) bond motifs is 2. The summed E-state index contributed by atoms with van der Waals surface area (Å²) in [5.74, 6) is 0.653. The van der Waals surface area contributed by atoms with Crippen molar-refractivity contribution < 1.29 is 19.4 Å². The van der Waals surface area contributed by atoms with Gasteiger partial charge in [-0.2, -0.15) is 0 Å². The second-order valence-corrected chi connectivity index (χ2v) is 7.34. The Bertz CT molecular complexity index is 817. The Labute approximate surface area is 158 Å². The van der Waals surface area contributed by atoms with Gasteiger partial charge in [-0.15, -0.1) is 0 Å². The van der Waals surface area contributed by atoms with Crippen molar-refractivity contribution in [1.82, 2.24) is 4.90 Å². The van der Waals surface area contributed by atoms with Gasteiger partial charge < -0.3 is 14.7 Å². The number of amides is 1. The number of ether oxygens (including phenoxy) is 1. The molecule has 0 aromatic heterocycles. The molecule has 1 saturated heterocycles. The first-order valence-electron chi connectivity index (χ1n) is 9.50. The summed E-state index contributed by atoms with van der Waals surface area (Å²) in [6.07, 6.45) is 2.69. The molecule has 2 aliphatic heterocycles. The molecule has 5 heteroatoms. The normalized spacial score (nSPS) is 19.0. The second kappa shape index (κ2) is 7.43. The van der Waals surface area contributed by atoms with Crippen molar-refractivity contribution in [3.63, 3.8) is 0 Å². The summed E-state index contributed by atoms with van der Waals surface area (Å²) < 4.78 is 6.00. The van der Waals surface area contributed by atoms with E-state index in [2.05, 4.69) is 0 Å². The van der Waals surface area contributed by atoms with Gasteiger partial charge in [-0.3, -0.25) is 9.59 Å². The molecule has 1 N–H and O–H groups in total. The molecule has 0 bridgehead atoms. The van der Waals surface area contributed by atoms with Crippen molar-refractivity contribution in [3.05, 3.63) is 59.7 Å². The summed E-state index contributed by atoms with van der Waals surface area (Å²) >= 11 is 0. The summed E-state index contributed by atoms with van der Waals surface area (Å²) in [7, 11) is 0. The maximum atomic E-state index is 13.5. The van der Waals surface area contributed by atoms with Crippen LogP contribution in [0.25, 0.3) is 0 Å². The van der Waals surface area contributed by atoms with Crippen molar-refractivity contribution in [3.8, 4) is 11.5 Å². The Kier molecular flexibility index (Phi) is 4.84. The van der Waals surface area contributed by atoms with Gasteiger partial charge in [0.2, 0.25) is 5.91 Å². The lowest BCUT2D eigenvalue weighted by molar-refractivity contribution is -0.137. The van der Waals surface area contributed by atoms with Crippen LogP contribution in [0, 0.1) is 5.92 Å². The summed E-state index contributed by atoms with van der Waals surface area (Å²) in [6.45, 7) is 1.36. The van der Waals surface area contributed by atoms with Crippen molar-refractivity contribution in [2.24, 2.45) is 5.92 Å². The smallest absolute Gasteiger partial charge is 0.303 e. The topological polar surface area (TPSA) is 66.8 Å². The fourth-order valence-electron chi connectivity index (χ4n) is 4.19. The zero-order valence-electron chi connectivity index (χ0n) is 15.1. The van der Waals surface area contributed by atoms with Crippen LogP contribution in [0.5, 0.6) is 11.5 Å². The largest absolute Gasteiger partial charge is 0.481 e. The first-order chi connectivity index (χ1) is 13.1. The molecule has 0 spiro atoms. The molecular formula is C22H23NO4. The number of hydrogen-bond donors (Lipinski definition) is 1. The predicted molar refractivity (Wildman–Crippen MR) is 101 cm³/mol. The lowest BCUT2D eigenvalue weighted by atomic mass is 9.85. The number of likely N-dealkylation sites (tertiary alicyclic amines) is 1. The number of hydrogen-bond acceptors (Lipinski definition) is 3. The molecule has 0 saturated carbocycles. The average molecular weight is 365 g/mol. The minimum atomic E-state index is -0.772. The molecule has 1 amide bonds. The van der Waals surface area contributed by atoms with Gasteiger partial charge in [0.25, 0.3) is 0 Å². The standard InChI is InChI=1S/C22H23NO4/c24-20(25)12-11-15-6-5-13-23(14-15)22(26)21-16-7-1-3-9-18(16)27-19-10-4-2-8-17(19)21/h1-4,7-10,15,21H,5-6,11-14H2,(H,24,25). The molecule has 140 valence electrons. The predicted octanol–water partition coefficient (Wildman–Crippen LogP) is 4.03. The molecule has 2 aromatic carbocycles. The number of benzene rings is 2. The summed E-state index contributed by atoms with van der Waals surface area (Å²) in [5, 5.41) is 8.95. The number of rotatable bonds is 4. The molecule has 27 heavy (non-hydrogen) atoms. The number of carboxylic acids is 1. The maximum absolute atomic E-state index is 13.5. The highest BCUT2D eigenvalue weighted by Crippen LogP contribution is 2.45. The minimum absolute atomic E-state index is 0.0817. The van der Waals surface area contributed by atoms with Crippen molar-refractivity contribution in [1.29, 1.82) is 0 Å². The zero-order valence-corrected chi connectivity index (χ0v) is 15.1. The van der Waals surface area contributed by atoms with Gasteiger partial charge in [-0.05, 0) is 37.3 Å². The number of para-hydroxylation sites is 2. The van der Waals surface area contributed by atoms with Crippen molar-refractivity contribution >= 4 is 11.9 Å². The van der Waals surface area contributed by atoms with Crippen LogP contribution in [0.4, 0.5) is 0 Å². The summed E-state index contributed by atoms with van der Waals surface area (Å²) in [6, 6.07) is 15.4. The van der Waals surface area contributed by atoms with Crippen LogP contribution >= 0.6 is 0 Å². The van der Waals surface area contributed by atoms with E-state index in [1.54, 1.807) is 0 Å². The number of carbonyl (C=O) groups excluding carboxylic acids is 1. The molecule has 2 aromatic rings. The average Bonchev–Trinajstić information content (AvgIpc) is 2.70. The van der Waals surface area contributed by atoms with E-state index in [-0.39, 0.29) is 24.2 Å². The van der Waals surface area contributed by atoms with Crippen LogP contribution < -0.4 is 4.74 Å². The summed E-state index contributed by atoms with van der Waals surface area (Å²) in [4.78, 5) is 26.3. The van der Waals surface area contributed by atoms with E-state index in [1.165, 1.54) is 0 Å². The number of nitrogens with zero attached hydrogens (tertiary/aromatic N) is 1. The highest BCUT2D eigenvalue weighted by molar-refractivity contribution is 5.89. The third-order valence-corrected chi connectivity index (χ3v) is 5.52. The van der Waals surface area contributed by atoms with Crippen LogP contribution in [0.1, 0.15) is 42.7 Å². The van der Waals surface area contributed by atoms with E-state index in [0.717, 1.165) is 42.0 Å². The first-order valence-corrected chi connectivity index (χ1v) is 9.50. The molecule has 2 aliphatic rings. The van der Waals surface area contributed by atoms with Gasteiger partial charge in [-0.25, -0.2) is 0 Å². The number of piperidine rings is 1. The quantitative estimate of drug-likeness (QED) is 0.888. The Hall–Kier alpha value is -2.82. The molecule has 1 unspecified atom stereocenters. The Morgan fingerprint density at radius 1 is 1.04 bits per heavy atom. The lowest BCUT2D eigenvalue weighted by Gasteiger charge is -2.37. The van der Waals surface area contributed by atoms with E-state index in [9.17, 15) is 9.59 Å². The van der Waals surface area contributed by atoms with Gasteiger partial charge in [-0.1, -0.05) is 36.4 Å². The fourth-order valence-corrected chi connectivity index (χ4v) is 4.19. The van der Waals surface area contributed by atoms with E-state index in [4.69, 9.17) is 9.84 Å². The van der Waals surface area contributed by atoms with Crippen molar-refractivity contribution in [2.75, 3.05) is 13.1 Å². The molecule has 4 rings (SSSR count). The summed E-state index contributed by atoms with van der Waals surface area (Å²) in [5.41, 5.74) is 1.79. The van der Waals surface area contributed by atoms with E-state index < -0.39 is 5.97 Å². The van der Waals surface area contributed by atoms with Crippen LogP contribution in [-0.2, 0) is 9.59 Å².